The highest BCUT2D eigenvalue weighted by atomic mass is 35.5. The monoisotopic (exact) mass is 357 g/mol. The van der Waals surface area contributed by atoms with E-state index in [1.807, 2.05) is 45.9 Å². The van der Waals surface area contributed by atoms with E-state index in [0.717, 1.165) is 0 Å². The molecule has 1 saturated heterocycles. The summed E-state index contributed by atoms with van der Waals surface area (Å²) < 4.78 is 12.2. The molecule has 0 saturated carbocycles. The molecule has 6 heteroatoms. The summed E-state index contributed by atoms with van der Waals surface area (Å²) in [5.74, 6) is -0.194. The van der Waals surface area contributed by atoms with Gasteiger partial charge in [-0.15, -0.1) is 0 Å². The van der Waals surface area contributed by atoms with E-state index in [4.69, 9.17) is 20.9 Å². The zero-order valence-corrected chi connectivity index (χ0v) is 15.6. The standard InChI is InChI=1S/C19H21BClNO3/c1-18(2)19(3,4)25-20(24-18)15-12-14(21)10-11-16(15)22-17(23)13-8-6-5-7-9-13/h5-12H,1-4H3,(H,22,23). The molecule has 0 spiro atoms. The second-order valence-electron chi connectivity index (χ2n) is 7.14. The van der Waals surface area contributed by atoms with Gasteiger partial charge in [-0.05, 0) is 58.0 Å². The van der Waals surface area contributed by atoms with Crippen molar-refractivity contribution >= 4 is 35.8 Å². The number of anilines is 1. The second kappa shape index (κ2) is 6.48. The number of hydrogen-bond acceptors (Lipinski definition) is 3. The summed E-state index contributed by atoms with van der Waals surface area (Å²) in [5.41, 5.74) is 0.964. The first-order chi connectivity index (χ1) is 11.7. The Morgan fingerprint density at radius 1 is 1.00 bits per heavy atom. The number of benzene rings is 2. The largest absolute Gasteiger partial charge is 0.497 e. The summed E-state index contributed by atoms with van der Waals surface area (Å²) >= 11 is 6.17. The molecule has 0 aromatic heterocycles. The fourth-order valence-electron chi connectivity index (χ4n) is 2.60. The van der Waals surface area contributed by atoms with Crippen LogP contribution in [0.5, 0.6) is 0 Å². The highest BCUT2D eigenvalue weighted by Crippen LogP contribution is 2.37. The van der Waals surface area contributed by atoms with Crippen LogP contribution >= 0.6 is 11.6 Å². The molecule has 0 unspecified atom stereocenters. The topological polar surface area (TPSA) is 47.6 Å². The van der Waals surface area contributed by atoms with E-state index in [-0.39, 0.29) is 5.91 Å². The molecule has 2 aromatic rings. The van der Waals surface area contributed by atoms with E-state index < -0.39 is 18.3 Å². The number of amides is 1. The summed E-state index contributed by atoms with van der Waals surface area (Å²) in [5, 5.41) is 3.49. The van der Waals surface area contributed by atoms with Crippen molar-refractivity contribution in [2.24, 2.45) is 0 Å². The molecule has 0 aliphatic carbocycles. The third kappa shape index (κ3) is 3.59. The Hall–Kier alpha value is -1.82. The first-order valence-corrected chi connectivity index (χ1v) is 8.59. The van der Waals surface area contributed by atoms with Crippen molar-refractivity contribution in [3.8, 4) is 0 Å². The summed E-state index contributed by atoms with van der Waals surface area (Å²) in [6.07, 6.45) is 0. The van der Waals surface area contributed by atoms with Crippen LogP contribution in [-0.4, -0.2) is 24.2 Å². The van der Waals surface area contributed by atoms with Crippen molar-refractivity contribution in [2.45, 2.75) is 38.9 Å². The molecule has 0 radical (unpaired) electrons. The molecular formula is C19H21BClNO3. The number of hydrogen-bond donors (Lipinski definition) is 1. The SMILES string of the molecule is CC1(C)OB(c2cc(Cl)ccc2NC(=O)c2ccccc2)OC1(C)C. The molecule has 1 amide bonds. The zero-order chi connectivity index (χ0) is 18.2. The Labute approximate surface area is 153 Å². The van der Waals surface area contributed by atoms with Gasteiger partial charge in [0.25, 0.3) is 5.91 Å². The van der Waals surface area contributed by atoms with Crippen LogP contribution in [0.2, 0.25) is 5.02 Å². The fraction of sp³-hybridized carbons (Fsp3) is 0.316. The minimum absolute atomic E-state index is 0.194. The molecule has 1 N–H and O–H groups in total. The van der Waals surface area contributed by atoms with E-state index >= 15 is 0 Å². The van der Waals surface area contributed by atoms with E-state index in [1.54, 1.807) is 30.3 Å². The average molecular weight is 358 g/mol. The second-order valence-corrected chi connectivity index (χ2v) is 7.58. The van der Waals surface area contributed by atoms with Crippen molar-refractivity contribution < 1.29 is 14.1 Å². The van der Waals surface area contributed by atoms with Gasteiger partial charge in [-0.2, -0.15) is 0 Å². The molecule has 130 valence electrons. The molecule has 25 heavy (non-hydrogen) atoms. The molecule has 1 heterocycles. The number of rotatable bonds is 3. The Morgan fingerprint density at radius 2 is 1.60 bits per heavy atom. The van der Waals surface area contributed by atoms with Crippen LogP contribution in [0, 0.1) is 0 Å². The van der Waals surface area contributed by atoms with Crippen LogP contribution in [0.25, 0.3) is 0 Å². The molecule has 3 rings (SSSR count). The minimum Gasteiger partial charge on any atom is -0.399 e. The van der Waals surface area contributed by atoms with E-state index in [2.05, 4.69) is 5.32 Å². The summed E-state index contributed by atoms with van der Waals surface area (Å²) in [4.78, 5) is 12.5. The number of carbonyl (C=O) groups is 1. The van der Waals surface area contributed by atoms with Gasteiger partial charge >= 0.3 is 7.12 Å². The first kappa shape index (κ1) is 18.0. The Morgan fingerprint density at radius 3 is 2.20 bits per heavy atom. The van der Waals surface area contributed by atoms with Crippen LogP contribution in [0.15, 0.2) is 48.5 Å². The first-order valence-electron chi connectivity index (χ1n) is 8.21. The lowest BCUT2D eigenvalue weighted by molar-refractivity contribution is 0.00578. The zero-order valence-electron chi connectivity index (χ0n) is 14.8. The van der Waals surface area contributed by atoms with Crippen LogP contribution < -0.4 is 10.8 Å². The number of halogens is 1. The Kier molecular flexibility index (Phi) is 4.67. The highest BCUT2D eigenvalue weighted by Gasteiger charge is 2.52. The van der Waals surface area contributed by atoms with Gasteiger partial charge in [0.15, 0.2) is 0 Å². The van der Waals surface area contributed by atoms with Crippen molar-refractivity contribution in [3.05, 3.63) is 59.1 Å². The van der Waals surface area contributed by atoms with Gasteiger partial charge < -0.3 is 14.6 Å². The van der Waals surface area contributed by atoms with Gasteiger partial charge in [-0.3, -0.25) is 4.79 Å². The van der Waals surface area contributed by atoms with Gasteiger partial charge in [0.2, 0.25) is 0 Å². The molecular weight excluding hydrogens is 336 g/mol. The van der Waals surface area contributed by atoms with Gasteiger partial charge in [0, 0.05) is 21.7 Å². The van der Waals surface area contributed by atoms with Gasteiger partial charge in [0.1, 0.15) is 0 Å². The van der Waals surface area contributed by atoms with Crippen molar-refractivity contribution in [1.82, 2.24) is 0 Å². The van der Waals surface area contributed by atoms with Crippen molar-refractivity contribution in [3.63, 3.8) is 0 Å². The lowest BCUT2D eigenvalue weighted by Crippen LogP contribution is -2.41. The van der Waals surface area contributed by atoms with Crippen molar-refractivity contribution in [1.29, 1.82) is 0 Å². The maximum Gasteiger partial charge on any atom is 0.497 e. The summed E-state index contributed by atoms with van der Waals surface area (Å²) in [6.45, 7) is 7.94. The lowest BCUT2D eigenvalue weighted by atomic mass is 9.77. The third-order valence-corrected chi connectivity index (χ3v) is 5.04. The molecule has 2 aromatic carbocycles. The van der Waals surface area contributed by atoms with E-state index in [9.17, 15) is 4.79 Å². The summed E-state index contributed by atoms with van der Waals surface area (Å²) in [6, 6.07) is 14.3. The van der Waals surface area contributed by atoms with Gasteiger partial charge in [-0.1, -0.05) is 29.8 Å². The molecule has 1 fully saturated rings. The predicted octanol–water partition coefficient (Wildman–Crippen LogP) is 3.89. The Bertz CT molecular complexity index is 777. The van der Waals surface area contributed by atoms with Crippen LogP contribution in [0.1, 0.15) is 38.1 Å². The van der Waals surface area contributed by atoms with Crippen LogP contribution in [-0.2, 0) is 9.31 Å². The van der Waals surface area contributed by atoms with E-state index in [1.165, 1.54) is 0 Å². The molecule has 4 nitrogen and oxygen atoms in total. The quantitative estimate of drug-likeness (QED) is 0.848. The van der Waals surface area contributed by atoms with Crippen LogP contribution in [0.3, 0.4) is 0 Å². The Balaban J connectivity index is 1.91. The van der Waals surface area contributed by atoms with Gasteiger partial charge in [-0.25, -0.2) is 0 Å². The minimum atomic E-state index is -0.602. The summed E-state index contributed by atoms with van der Waals surface area (Å²) in [7, 11) is -0.602. The number of nitrogens with one attached hydrogen (secondary N) is 1. The normalized spacial score (nSPS) is 18.2. The highest BCUT2D eigenvalue weighted by molar-refractivity contribution is 6.64. The third-order valence-electron chi connectivity index (χ3n) is 4.80. The lowest BCUT2D eigenvalue weighted by Gasteiger charge is -2.32. The maximum absolute atomic E-state index is 12.5. The van der Waals surface area contributed by atoms with Gasteiger partial charge in [0.05, 0.1) is 11.2 Å². The molecule has 1 aliphatic heterocycles. The van der Waals surface area contributed by atoms with Crippen LogP contribution in [0.4, 0.5) is 5.69 Å². The molecule has 0 atom stereocenters. The predicted molar refractivity (Wildman–Crippen MR) is 102 cm³/mol. The van der Waals surface area contributed by atoms with E-state index in [0.29, 0.717) is 21.7 Å². The molecule has 1 aliphatic rings. The van der Waals surface area contributed by atoms with Crippen molar-refractivity contribution in [2.75, 3.05) is 5.32 Å². The molecule has 0 bridgehead atoms. The fourth-order valence-corrected chi connectivity index (χ4v) is 2.78. The number of carbonyl (C=O) groups excluding carboxylic acids is 1. The maximum atomic E-state index is 12.5. The average Bonchev–Trinajstić information content (AvgIpc) is 2.78. The smallest absolute Gasteiger partial charge is 0.399 e.